The van der Waals surface area contributed by atoms with Gasteiger partial charge in [-0.3, -0.25) is 0 Å². The average molecular weight is 282 g/mol. The Balaban J connectivity index is 1.88. The van der Waals surface area contributed by atoms with Crippen molar-refractivity contribution < 1.29 is 9.47 Å². The number of rotatable bonds is 2. The molecule has 4 aliphatic carbocycles. The molecule has 4 rings (SSSR count). The highest BCUT2D eigenvalue weighted by molar-refractivity contribution is 7.88. The first-order chi connectivity index (χ1) is 8.65. The number of hydrogen-bond acceptors (Lipinski definition) is 4. The summed E-state index contributed by atoms with van der Waals surface area (Å²) in [6, 6.07) is 0. The van der Waals surface area contributed by atoms with Crippen LogP contribution in [-0.2, 0) is 9.47 Å². The van der Waals surface area contributed by atoms with Gasteiger partial charge in [0.1, 0.15) is 0 Å². The molecule has 2 saturated carbocycles. The molecule has 0 aromatic carbocycles. The molecular weight excluding hydrogens is 264 g/mol. The first kappa shape index (κ1) is 11.9. The van der Waals surface area contributed by atoms with Gasteiger partial charge in [0.25, 0.3) is 0 Å². The summed E-state index contributed by atoms with van der Waals surface area (Å²) in [6.45, 7) is 0. The molecule has 0 aliphatic heterocycles. The fourth-order valence-electron chi connectivity index (χ4n) is 5.22. The van der Waals surface area contributed by atoms with Crippen LogP contribution in [0.15, 0.2) is 22.0 Å². The van der Waals surface area contributed by atoms with E-state index in [9.17, 15) is 0 Å². The molecule has 0 amide bonds. The molecule has 0 aromatic rings. The lowest BCUT2D eigenvalue weighted by Crippen LogP contribution is -2.42. The molecule has 0 heterocycles. The SMILES string of the molecule is COC1(OC)C2C(S)=C(S)[C@@H]1[C@H]1[C@@H]2[C@@H]2C=C[C@H]1C2. The molecule has 0 N–H and O–H groups in total. The van der Waals surface area contributed by atoms with Crippen molar-refractivity contribution in [2.24, 2.45) is 35.5 Å². The lowest BCUT2D eigenvalue weighted by molar-refractivity contribution is -0.236. The van der Waals surface area contributed by atoms with Crippen LogP contribution in [0.4, 0.5) is 0 Å². The molecule has 0 radical (unpaired) electrons. The van der Waals surface area contributed by atoms with Crippen LogP contribution in [0.25, 0.3) is 0 Å². The van der Waals surface area contributed by atoms with Gasteiger partial charge in [0, 0.05) is 35.9 Å². The lowest BCUT2D eigenvalue weighted by Gasteiger charge is -2.34. The smallest absolute Gasteiger partial charge is 0.182 e. The van der Waals surface area contributed by atoms with Crippen LogP contribution >= 0.6 is 25.3 Å². The van der Waals surface area contributed by atoms with Crippen molar-refractivity contribution in [1.29, 1.82) is 0 Å². The second-order valence-electron chi connectivity index (χ2n) is 5.96. The molecule has 0 spiro atoms. The van der Waals surface area contributed by atoms with Crippen molar-refractivity contribution in [2.75, 3.05) is 14.2 Å². The maximum atomic E-state index is 5.85. The predicted molar refractivity (Wildman–Crippen MR) is 76.4 cm³/mol. The van der Waals surface area contributed by atoms with Gasteiger partial charge in [-0.1, -0.05) is 12.2 Å². The first-order valence-electron chi connectivity index (χ1n) is 6.56. The predicted octanol–water partition coefficient (Wildman–Crippen LogP) is 2.74. The van der Waals surface area contributed by atoms with E-state index in [4.69, 9.17) is 34.7 Å². The average Bonchev–Trinajstić information content (AvgIpc) is 3.07. The number of allylic oxidation sites excluding steroid dienone is 2. The molecule has 2 fully saturated rings. The molecule has 4 aliphatic rings. The number of fused-ring (bicyclic) bond motifs is 9. The van der Waals surface area contributed by atoms with Gasteiger partial charge in [-0.25, -0.2) is 0 Å². The van der Waals surface area contributed by atoms with Gasteiger partial charge in [0.2, 0.25) is 0 Å². The number of methoxy groups -OCH3 is 2. The standard InChI is InChI=1S/C14H18O2S2/c1-15-14(16-2)10-8-6-3-4-7(5-6)9(8)11(14)13(18)12(10)17/h3-4,6-11,17-18H,5H2,1-2H3/t6-,7+,8+,9-,10-,11?/m0/s1. The van der Waals surface area contributed by atoms with Crippen LogP contribution in [0.1, 0.15) is 6.42 Å². The molecule has 0 saturated heterocycles. The third-order valence-corrected chi connectivity index (χ3v) is 6.92. The minimum atomic E-state index is -0.521. The molecule has 98 valence electrons. The van der Waals surface area contributed by atoms with E-state index in [0.29, 0.717) is 23.7 Å². The fraction of sp³-hybridized carbons (Fsp3) is 0.714. The third-order valence-electron chi connectivity index (χ3n) is 5.71. The van der Waals surface area contributed by atoms with E-state index >= 15 is 0 Å². The van der Waals surface area contributed by atoms with Crippen molar-refractivity contribution in [2.45, 2.75) is 12.2 Å². The number of thiol groups is 2. The highest BCUT2D eigenvalue weighted by atomic mass is 32.1. The second kappa shape index (κ2) is 3.60. The maximum absolute atomic E-state index is 5.85. The summed E-state index contributed by atoms with van der Waals surface area (Å²) in [6.07, 6.45) is 6.08. The van der Waals surface area contributed by atoms with Gasteiger partial charge in [-0.2, -0.15) is 0 Å². The fourth-order valence-corrected chi connectivity index (χ4v) is 6.21. The van der Waals surface area contributed by atoms with E-state index < -0.39 is 5.79 Å². The second-order valence-corrected chi connectivity index (χ2v) is 6.92. The zero-order chi connectivity index (χ0) is 12.7. The van der Waals surface area contributed by atoms with Crippen molar-refractivity contribution in [3.05, 3.63) is 22.0 Å². The summed E-state index contributed by atoms with van der Waals surface area (Å²) in [7, 11) is 3.51. The van der Waals surface area contributed by atoms with E-state index in [1.807, 2.05) is 0 Å². The van der Waals surface area contributed by atoms with Crippen molar-refractivity contribution in [1.82, 2.24) is 0 Å². The molecule has 4 bridgehead atoms. The van der Waals surface area contributed by atoms with Crippen molar-refractivity contribution in [3.8, 4) is 0 Å². The summed E-state index contributed by atoms with van der Waals surface area (Å²) in [5, 5.41) is 0. The van der Waals surface area contributed by atoms with Crippen LogP contribution in [0, 0.1) is 35.5 Å². The Hall–Kier alpha value is 0.1000. The molecule has 0 aromatic heterocycles. The van der Waals surface area contributed by atoms with Gasteiger partial charge < -0.3 is 9.47 Å². The Morgan fingerprint density at radius 3 is 1.83 bits per heavy atom. The van der Waals surface area contributed by atoms with Crippen LogP contribution in [0.5, 0.6) is 0 Å². The Morgan fingerprint density at radius 1 is 1.00 bits per heavy atom. The van der Waals surface area contributed by atoms with E-state index in [2.05, 4.69) is 12.2 Å². The topological polar surface area (TPSA) is 18.5 Å². The zero-order valence-corrected chi connectivity index (χ0v) is 12.3. The monoisotopic (exact) mass is 282 g/mol. The summed E-state index contributed by atoms with van der Waals surface area (Å²) in [4.78, 5) is 2.18. The molecule has 18 heavy (non-hydrogen) atoms. The molecule has 4 heteroatoms. The van der Waals surface area contributed by atoms with E-state index in [1.54, 1.807) is 14.2 Å². The summed E-state index contributed by atoms with van der Waals surface area (Å²) >= 11 is 9.42. The van der Waals surface area contributed by atoms with Gasteiger partial charge >= 0.3 is 0 Å². The van der Waals surface area contributed by atoms with Gasteiger partial charge in [-0.15, -0.1) is 25.3 Å². The van der Waals surface area contributed by atoms with Crippen LogP contribution in [0.2, 0.25) is 0 Å². The Morgan fingerprint density at radius 2 is 1.44 bits per heavy atom. The van der Waals surface area contributed by atoms with Crippen molar-refractivity contribution in [3.63, 3.8) is 0 Å². The van der Waals surface area contributed by atoms with Crippen LogP contribution < -0.4 is 0 Å². The van der Waals surface area contributed by atoms with Crippen LogP contribution in [0.3, 0.4) is 0 Å². The zero-order valence-electron chi connectivity index (χ0n) is 10.5. The van der Waals surface area contributed by atoms with Crippen LogP contribution in [-0.4, -0.2) is 20.0 Å². The van der Waals surface area contributed by atoms with E-state index in [-0.39, 0.29) is 11.8 Å². The Kier molecular flexibility index (Phi) is 2.38. The Labute approximate surface area is 119 Å². The highest BCUT2D eigenvalue weighted by Crippen LogP contribution is 2.72. The van der Waals surface area contributed by atoms with Gasteiger partial charge in [0.05, 0.1) is 0 Å². The Bertz CT molecular complexity index is 430. The highest BCUT2D eigenvalue weighted by Gasteiger charge is 2.72. The summed E-state index contributed by atoms with van der Waals surface area (Å²) < 4.78 is 11.7. The van der Waals surface area contributed by atoms with Crippen molar-refractivity contribution >= 4 is 25.3 Å². The molecular formula is C14H18O2S2. The van der Waals surface area contributed by atoms with E-state index in [1.165, 1.54) is 6.42 Å². The third kappa shape index (κ3) is 1.05. The summed E-state index contributed by atoms with van der Waals surface area (Å²) in [5.41, 5.74) is 0. The quantitative estimate of drug-likeness (QED) is 0.351. The van der Waals surface area contributed by atoms with Gasteiger partial charge in [0.15, 0.2) is 5.79 Å². The maximum Gasteiger partial charge on any atom is 0.182 e. The molecule has 6 atom stereocenters. The summed E-state index contributed by atoms with van der Waals surface area (Å²) in [5.74, 6) is 2.64. The number of ether oxygens (including phenoxy) is 2. The minimum Gasteiger partial charge on any atom is -0.352 e. The lowest BCUT2D eigenvalue weighted by atomic mass is 9.76. The van der Waals surface area contributed by atoms with E-state index in [0.717, 1.165) is 9.81 Å². The normalized spacial score (nSPS) is 50.4. The first-order valence-corrected chi connectivity index (χ1v) is 7.45. The largest absolute Gasteiger partial charge is 0.352 e. The van der Waals surface area contributed by atoms with Gasteiger partial charge in [-0.05, 0) is 30.1 Å². The number of hydrogen-bond donors (Lipinski definition) is 2. The molecule has 1 unspecified atom stereocenters. The molecule has 2 nitrogen and oxygen atoms in total. The minimum absolute atomic E-state index is 0.262.